The fourth-order valence-electron chi connectivity index (χ4n) is 3.71. The summed E-state index contributed by atoms with van der Waals surface area (Å²) < 4.78 is 26.4. The van der Waals surface area contributed by atoms with E-state index in [2.05, 4.69) is 11.9 Å². The molecule has 0 atom stereocenters. The first-order chi connectivity index (χ1) is 14.7. The van der Waals surface area contributed by atoms with E-state index in [-0.39, 0.29) is 35.4 Å². The van der Waals surface area contributed by atoms with E-state index in [1.165, 1.54) is 19.2 Å². The molecule has 1 saturated heterocycles. The van der Waals surface area contributed by atoms with Gasteiger partial charge in [-0.15, -0.1) is 0 Å². The molecule has 1 amide bonds. The van der Waals surface area contributed by atoms with E-state index in [0.29, 0.717) is 27.1 Å². The number of aliphatic hydroxyl groups is 1. The van der Waals surface area contributed by atoms with E-state index in [9.17, 15) is 14.3 Å². The summed E-state index contributed by atoms with van der Waals surface area (Å²) in [6, 6.07) is 8.00. The number of halogens is 3. The zero-order valence-corrected chi connectivity index (χ0v) is 18.3. The Morgan fingerprint density at radius 1 is 1.32 bits per heavy atom. The molecule has 31 heavy (non-hydrogen) atoms. The van der Waals surface area contributed by atoms with Gasteiger partial charge in [-0.1, -0.05) is 41.9 Å². The van der Waals surface area contributed by atoms with Gasteiger partial charge in [0.1, 0.15) is 17.0 Å². The lowest BCUT2D eigenvalue weighted by molar-refractivity contribution is -0.0734. The number of nitrogens with one attached hydrogen (secondary N) is 1. The fraction of sp³-hybridized carbons (Fsp3) is 0.227. The number of aromatic nitrogens is 1. The van der Waals surface area contributed by atoms with Crippen LogP contribution in [0.4, 0.5) is 4.39 Å². The predicted octanol–water partition coefficient (Wildman–Crippen LogP) is 4.82. The van der Waals surface area contributed by atoms with Gasteiger partial charge < -0.3 is 24.5 Å². The molecule has 1 aliphatic heterocycles. The maximum atomic E-state index is 14.3. The van der Waals surface area contributed by atoms with E-state index in [4.69, 9.17) is 32.7 Å². The van der Waals surface area contributed by atoms with Crippen LogP contribution >= 0.6 is 23.2 Å². The van der Waals surface area contributed by atoms with Gasteiger partial charge in [0.2, 0.25) is 0 Å². The number of fused-ring (bicyclic) bond motifs is 1. The number of methoxy groups -OCH3 is 1. The molecule has 162 valence electrons. The van der Waals surface area contributed by atoms with Crippen molar-refractivity contribution in [3.05, 3.63) is 69.6 Å². The first-order valence-electron chi connectivity index (χ1n) is 9.28. The van der Waals surface area contributed by atoms with Crippen molar-refractivity contribution in [3.8, 4) is 5.75 Å². The number of hydrogen-bond donors (Lipinski definition) is 2. The lowest BCUT2D eigenvalue weighted by Gasteiger charge is -2.43. The predicted molar refractivity (Wildman–Crippen MR) is 118 cm³/mol. The molecule has 2 heterocycles. The van der Waals surface area contributed by atoms with Crippen LogP contribution in [0.25, 0.3) is 16.7 Å². The molecule has 0 bridgehead atoms. The quantitative estimate of drug-likeness (QED) is 0.531. The Balaban J connectivity index is 1.72. The van der Waals surface area contributed by atoms with Crippen LogP contribution in [-0.2, 0) is 17.3 Å². The van der Waals surface area contributed by atoms with Crippen LogP contribution in [0.3, 0.4) is 0 Å². The van der Waals surface area contributed by atoms with E-state index in [1.54, 1.807) is 29.8 Å². The summed E-state index contributed by atoms with van der Waals surface area (Å²) in [5.74, 6) is -1.20. The second-order valence-corrected chi connectivity index (χ2v) is 8.18. The Labute approximate surface area is 187 Å². The van der Waals surface area contributed by atoms with E-state index in [0.717, 1.165) is 0 Å². The third-order valence-corrected chi connectivity index (χ3v) is 6.20. The molecule has 0 aliphatic carbocycles. The van der Waals surface area contributed by atoms with Crippen molar-refractivity contribution in [1.29, 1.82) is 0 Å². The molecule has 0 radical (unpaired) electrons. The molecule has 0 spiro atoms. The monoisotopic (exact) mass is 464 g/mol. The van der Waals surface area contributed by atoms with Gasteiger partial charge in [-0.3, -0.25) is 4.79 Å². The number of rotatable bonds is 5. The number of aryl methyl sites for hydroxylation is 1. The third kappa shape index (κ3) is 3.43. The number of nitrogens with zero attached hydrogens (tertiary/aromatic N) is 1. The van der Waals surface area contributed by atoms with E-state index in [1.807, 2.05) is 0 Å². The topological polar surface area (TPSA) is 72.7 Å². The Morgan fingerprint density at radius 3 is 2.58 bits per heavy atom. The average Bonchev–Trinajstić information content (AvgIpc) is 3.04. The molecule has 6 nitrogen and oxygen atoms in total. The first kappa shape index (κ1) is 21.5. The highest BCUT2D eigenvalue weighted by Gasteiger charge is 2.44. The molecule has 0 saturated carbocycles. The molecular weight excluding hydrogens is 446 g/mol. The van der Waals surface area contributed by atoms with Gasteiger partial charge in [0.15, 0.2) is 11.6 Å². The van der Waals surface area contributed by atoms with Crippen molar-refractivity contribution in [1.82, 2.24) is 9.88 Å². The SMILES string of the molecule is C=C(O)c1ccc(C2(NC(=O)c3cc4c(Cl)c(F)c(OC)cc4n3C)COC2)c(Cl)c1. The van der Waals surface area contributed by atoms with Crippen LogP contribution < -0.4 is 10.1 Å². The second-order valence-electron chi connectivity index (χ2n) is 7.40. The smallest absolute Gasteiger partial charge is 0.268 e. The summed E-state index contributed by atoms with van der Waals surface area (Å²) in [6.07, 6.45) is 0. The van der Waals surface area contributed by atoms with Gasteiger partial charge in [0, 0.05) is 34.6 Å². The van der Waals surface area contributed by atoms with Crippen LogP contribution in [0, 0.1) is 5.82 Å². The molecule has 4 rings (SSSR count). The molecule has 1 aromatic heterocycles. The zero-order valence-electron chi connectivity index (χ0n) is 16.8. The summed E-state index contributed by atoms with van der Waals surface area (Å²) >= 11 is 12.6. The Kier molecular flexibility index (Phi) is 5.37. The number of benzene rings is 2. The third-order valence-electron chi connectivity index (χ3n) is 5.51. The molecule has 2 N–H and O–H groups in total. The van der Waals surface area contributed by atoms with Crippen molar-refractivity contribution in [2.45, 2.75) is 5.54 Å². The highest BCUT2D eigenvalue weighted by atomic mass is 35.5. The van der Waals surface area contributed by atoms with Crippen molar-refractivity contribution < 1.29 is 23.8 Å². The lowest BCUT2D eigenvalue weighted by Crippen LogP contribution is -2.59. The maximum Gasteiger partial charge on any atom is 0.268 e. The zero-order chi connectivity index (χ0) is 22.5. The number of ether oxygens (including phenoxy) is 2. The van der Waals surface area contributed by atoms with E-state index < -0.39 is 17.3 Å². The van der Waals surface area contributed by atoms with Crippen LogP contribution in [-0.4, -0.2) is 35.9 Å². The van der Waals surface area contributed by atoms with Gasteiger partial charge in [-0.25, -0.2) is 4.39 Å². The minimum Gasteiger partial charge on any atom is -0.508 e. The molecule has 9 heteroatoms. The average molecular weight is 465 g/mol. The number of amides is 1. The van der Waals surface area contributed by atoms with Gasteiger partial charge in [-0.2, -0.15) is 0 Å². The summed E-state index contributed by atoms with van der Waals surface area (Å²) in [4.78, 5) is 13.2. The maximum absolute atomic E-state index is 14.3. The number of hydrogen-bond acceptors (Lipinski definition) is 4. The molecule has 1 fully saturated rings. The Morgan fingerprint density at radius 2 is 2.03 bits per heavy atom. The van der Waals surface area contributed by atoms with Crippen molar-refractivity contribution in [2.75, 3.05) is 20.3 Å². The van der Waals surface area contributed by atoms with Crippen molar-refractivity contribution in [2.24, 2.45) is 7.05 Å². The largest absolute Gasteiger partial charge is 0.508 e. The van der Waals surface area contributed by atoms with Gasteiger partial charge in [0.05, 0.1) is 30.9 Å². The van der Waals surface area contributed by atoms with E-state index >= 15 is 0 Å². The summed E-state index contributed by atoms with van der Waals surface area (Å²) in [7, 11) is 3.03. The minimum absolute atomic E-state index is 0.00753. The van der Waals surface area contributed by atoms with Gasteiger partial charge >= 0.3 is 0 Å². The van der Waals surface area contributed by atoms with Gasteiger partial charge in [0.25, 0.3) is 5.91 Å². The first-order valence-corrected chi connectivity index (χ1v) is 10.0. The van der Waals surface area contributed by atoms with Crippen molar-refractivity contribution in [3.63, 3.8) is 0 Å². The molecule has 3 aromatic rings. The van der Waals surface area contributed by atoms with Crippen molar-refractivity contribution >= 4 is 45.8 Å². The number of carbonyl (C=O) groups excluding carboxylic acids is 1. The van der Waals surface area contributed by atoms with Crippen LogP contribution in [0.1, 0.15) is 21.6 Å². The summed E-state index contributed by atoms with van der Waals surface area (Å²) in [5, 5.41) is 13.2. The highest BCUT2D eigenvalue weighted by molar-refractivity contribution is 6.36. The Bertz CT molecular complexity index is 1230. The molecule has 1 aliphatic rings. The summed E-state index contributed by atoms with van der Waals surface area (Å²) in [6.45, 7) is 3.94. The summed E-state index contributed by atoms with van der Waals surface area (Å²) in [5.41, 5.74) is 1.13. The van der Waals surface area contributed by atoms with Crippen LogP contribution in [0.15, 0.2) is 36.9 Å². The minimum atomic E-state index is -0.841. The van der Waals surface area contributed by atoms with Crippen LogP contribution in [0.5, 0.6) is 5.75 Å². The standard InChI is InChI=1S/C22H19Cl2FN2O4/c1-11(28)12-4-5-14(15(23)6-12)22(9-31-10-22)26-21(29)17-7-13-16(27(17)2)8-18(30-3)20(25)19(13)24/h4-8,28H,1,9-10H2,2-3H3,(H,26,29). The normalized spacial score (nSPS) is 14.9. The fourth-order valence-corrected chi connectivity index (χ4v) is 4.32. The number of carbonyl (C=O) groups is 1. The molecular formula is C22H19Cl2FN2O4. The molecule has 2 aromatic carbocycles. The highest BCUT2D eigenvalue weighted by Crippen LogP contribution is 2.38. The molecule has 0 unspecified atom stereocenters. The second kappa shape index (κ2) is 7.75. The van der Waals surface area contributed by atoms with Crippen LogP contribution in [0.2, 0.25) is 10.0 Å². The number of aliphatic hydroxyl groups excluding tert-OH is 1. The van der Waals surface area contributed by atoms with Gasteiger partial charge in [-0.05, 0) is 12.1 Å². The lowest BCUT2D eigenvalue weighted by atomic mass is 9.87. The Hall–Kier alpha value is -2.74.